The Balaban J connectivity index is 1.10. The molecule has 13 rings (SSSR count). The van der Waals surface area contributed by atoms with Gasteiger partial charge in [0.25, 0.3) is 0 Å². The SMILES string of the molecule is c1ccc(N(c2cccc(-c3cccc4c3c3ccccc3n4-c3ccccc3)c2)c2cc3ccc4cccc5c6cccc7ccc8cccc(c(c2)c3c45)c8c76)cc1. The smallest absolute Gasteiger partial charge is 0.0547 e. The normalized spacial score (nSPS) is 12.0. The standard InChI is InChI=1S/C58H36N2/c1-3-18-42(19-4-1)59(44-22-9-17-40(34-44)46-24-13-29-53-58(46)50-23-7-8-28-52(50)60(53)43-20-5-2-6-21-43)45-35-41-33-32-39-15-11-26-48-47-25-10-14-37-30-31-38-16-12-27-49(56(38)54(37)47)51(36-45)57(41)55(39)48/h1-36H. The van der Waals surface area contributed by atoms with Crippen molar-refractivity contribution in [1.82, 2.24) is 4.57 Å². The van der Waals surface area contributed by atoms with E-state index in [1.807, 2.05) is 0 Å². The highest BCUT2D eigenvalue weighted by atomic mass is 15.1. The molecule has 0 aliphatic heterocycles. The molecule has 12 aromatic carbocycles. The summed E-state index contributed by atoms with van der Waals surface area (Å²) in [5.74, 6) is 0. The summed E-state index contributed by atoms with van der Waals surface area (Å²) in [5.41, 5.74) is 9.28. The van der Waals surface area contributed by atoms with Crippen molar-refractivity contribution in [2.24, 2.45) is 0 Å². The van der Waals surface area contributed by atoms with Gasteiger partial charge in [-0.15, -0.1) is 0 Å². The van der Waals surface area contributed by atoms with E-state index >= 15 is 0 Å². The molecule has 0 N–H and O–H groups in total. The summed E-state index contributed by atoms with van der Waals surface area (Å²) in [5, 5.41) is 17.9. The summed E-state index contributed by atoms with van der Waals surface area (Å²) in [4.78, 5) is 2.44. The van der Waals surface area contributed by atoms with E-state index in [1.54, 1.807) is 0 Å². The number of para-hydroxylation sites is 3. The Morgan fingerprint density at radius 1 is 0.283 bits per heavy atom. The van der Waals surface area contributed by atoms with Crippen LogP contribution in [0.4, 0.5) is 17.1 Å². The lowest BCUT2D eigenvalue weighted by Crippen LogP contribution is -2.10. The average molecular weight is 761 g/mol. The number of benzene rings is 11. The van der Waals surface area contributed by atoms with Crippen molar-refractivity contribution in [2.45, 2.75) is 0 Å². The summed E-state index contributed by atoms with van der Waals surface area (Å²) in [6, 6.07) is 80.7. The molecule has 0 spiro atoms. The predicted octanol–water partition coefficient (Wildman–Crippen LogP) is 16.3. The predicted molar refractivity (Wildman–Crippen MR) is 257 cm³/mol. The average Bonchev–Trinajstić information content (AvgIpc) is 3.65. The molecule has 0 saturated carbocycles. The third-order valence-electron chi connectivity index (χ3n) is 12.8. The van der Waals surface area contributed by atoms with Crippen LogP contribution >= 0.6 is 0 Å². The number of rotatable bonds is 5. The first-order valence-electron chi connectivity index (χ1n) is 20.8. The third kappa shape index (κ3) is 4.76. The number of anilines is 3. The van der Waals surface area contributed by atoms with Crippen LogP contribution in [0.5, 0.6) is 0 Å². The highest BCUT2D eigenvalue weighted by Gasteiger charge is 2.21. The van der Waals surface area contributed by atoms with Crippen LogP contribution in [0.15, 0.2) is 218 Å². The Morgan fingerprint density at radius 2 is 0.800 bits per heavy atom. The van der Waals surface area contributed by atoms with Gasteiger partial charge in [-0.2, -0.15) is 0 Å². The molecule has 0 atom stereocenters. The quantitative estimate of drug-likeness (QED) is 0.159. The summed E-state index contributed by atoms with van der Waals surface area (Å²) in [6.07, 6.45) is 0. The van der Waals surface area contributed by atoms with Gasteiger partial charge in [-0.1, -0.05) is 158 Å². The van der Waals surface area contributed by atoms with Crippen LogP contribution in [0, 0.1) is 0 Å². The maximum atomic E-state index is 2.45. The van der Waals surface area contributed by atoms with E-state index in [0.717, 1.165) is 22.7 Å². The second-order valence-corrected chi connectivity index (χ2v) is 16.0. The van der Waals surface area contributed by atoms with Crippen molar-refractivity contribution >= 4 is 104 Å². The number of nitrogens with zero attached hydrogens (tertiary/aromatic N) is 2. The lowest BCUT2D eigenvalue weighted by molar-refractivity contribution is 1.18. The Bertz CT molecular complexity index is 3820. The molecule has 60 heavy (non-hydrogen) atoms. The van der Waals surface area contributed by atoms with E-state index in [2.05, 4.69) is 228 Å². The van der Waals surface area contributed by atoms with Gasteiger partial charge in [0, 0.05) is 33.5 Å². The fourth-order valence-corrected chi connectivity index (χ4v) is 10.3. The molecule has 0 fully saturated rings. The molecular weight excluding hydrogens is 725 g/mol. The molecule has 0 saturated heterocycles. The van der Waals surface area contributed by atoms with Crippen molar-refractivity contribution in [3.8, 4) is 16.8 Å². The molecule has 13 aromatic rings. The number of hydrogen-bond acceptors (Lipinski definition) is 1. The van der Waals surface area contributed by atoms with E-state index in [4.69, 9.17) is 0 Å². The highest BCUT2D eigenvalue weighted by Crippen LogP contribution is 2.47. The lowest BCUT2D eigenvalue weighted by Gasteiger charge is -2.27. The minimum Gasteiger partial charge on any atom is -0.310 e. The maximum Gasteiger partial charge on any atom is 0.0547 e. The summed E-state index contributed by atoms with van der Waals surface area (Å²) in [6.45, 7) is 0. The van der Waals surface area contributed by atoms with Gasteiger partial charge in [-0.05, 0) is 136 Å². The highest BCUT2D eigenvalue weighted by molar-refractivity contribution is 6.37. The van der Waals surface area contributed by atoms with E-state index < -0.39 is 0 Å². The van der Waals surface area contributed by atoms with Gasteiger partial charge in [0.15, 0.2) is 0 Å². The second-order valence-electron chi connectivity index (χ2n) is 16.0. The molecule has 2 heteroatoms. The van der Waals surface area contributed by atoms with Crippen molar-refractivity contribution in [3.63, 3.8) is 0 Å². The zero-order chi connectivity index (χ0) is 39.3. The van der Waals surface area contributed by atoms with E-state index in [0.29, 0.717) is 0 Å². The van der Waals surface area contributed by atoms with Gasteiger partial charge in [0.2, 0.25) is 0 Å². The van der Waals surface area contributed by atoms with Crippen LogP contribution < -0.4 is 4.90 Å². The molecule has 1 heterocycles. The fraction of sp³-hybridized carbons (Fsp3) is 0. The summed E-state index contributed by atoms with van der Waals surface area (Å²) in [7, 11) is 0. The van der Waals surface area contributed by atoms with Crippen LogP contribution in [-0.2, 0) is 0 Å². The van der Waals surface area contributed by atoms with Crippen molar-refractivity contribution in [1.29, 1.82) is 0 Å². The molecule has 0 amide bonds. The molecule has 2 nitrogen and oxygen atoms in total. The van der Waals surface area contributed by atoms with Crippen LogP contribution in [-0.4, -0.2) is 4.57 Å². The van der Waals surface area contributed by atoms with E-state index in [1.165, 1.54) is 97.6 Å². The molecular formula is C58H36N2. The van der Waals surface area contributed by atoms with E-state index in [9.17, 15) is 0 Å². The van der Waals surface area contributed by atoms with Crippen LogP contribution in [0.25, 0.3) is 103 Å². The third-order valence-corrected chi connectivity index (χ3v) is 12.8. The molecule has 0 aliphatic carbocycles. The second kappa shape index (κ2) is 12.8. The number of aromatic nitrogens is 1. The van der Waals surface area contributed by atoms with Crippen LogP contribution in [0.2, 0.25) is 0 Å². The largest absolute Gasteiger partial charge is 0.310 e. The molecule has 0 bridgehead atoms. The lowest BCUT2D eigenvalue weighted by atomic mass is 9.87. The monoisotopic (exact) mass is 760 g/mol. The minimum absolute atomic E-state index is 1.10. The maximum absolute atomic E-state index is 2.45. The van der Waals surface area contributed by atoms with Crippen LogP contribution in [0.3, 0.4) is 0 Å². The van der Waals surface area contributed by atoms with E-state index in [-0.39, 0.29) is 0 Å². The first-order valence-corrected chi connectivity index (χ1v) is 20.8. The molecule has 278 valence electrons. The van der Waals surface area contributed by atoms with Gasteiger partial charge in [-0.25, -0.2) is 0 Å². The molecule has 0 unspecified atom stereocenters. The Hall–Kier alpha value is -7.94. The Labute approximate surface area is 346 Å². The van der Waals surface area contributed by atoms with Gasteiger partial charge >= 0.3 is 0 Å². The Kier molecular flexibility index (Phi) is 7.05. The van der Waals surface area contributed by atoms with Crippen molar-refractivity contribution < 1.29 is 0 Å². The number of fused-ring (bicyclic) bond motifs is 5. The van der Waals surface area contributed by atoms with Gasteiger partial charge in [0.1, 0.15) is 0 Å². The first-order chi connectivity index (χ1) is 29.8. The van der Waals surface area contributed by atoms with Crippen molar-refractivity contribution in [2.75, 3.05) is 4.90 Å². The Morgan fingerprint density at radius 3 is 1.50 bits per heavy atom. The van der Waals surface area contributed by atoms with Gasteiger partial charge in [0.05, 0.1) is 11.0 Å². The van der Waals surface area contributed by atoms with Gasteiger partial charge < -0.3 is 9.47 Å². The van der Waals surface area contributed by atoms with Crippen LogP contribution in [0.1, 0.15) is 0 Å². The zero-order valence-corrected chi connectivity index (χ0v) is 32.7. The first kappa shape index (κ1) is 33.1. The molecule has 0 radical (unpaired) electrons. The topological polar surface area (TPSA) is 8.17 Å². The van der Waals surface area contributed by atoms with Crippen molar-refractivity contribution in [3.05, 3.63) is 218 Å². The van der Waals surface area contributed by atoms with Gasteiger partial charge in [-0.3, -0.25) is 0 Å². The number of hydrogen-bond donors (Lipinski definition) is 0. The summed E-state index contributed by atoms with van der Waals surface area (Å²) >= 11 is 0. The zero-order valence-electron chi connectivity index (χ0n) is 32.7. The summed E-state index contributed by atoms with van der Waals surface area (Å²) < 4.78 is 2.40. The minimum atomic E-state index is 1.10. The fourth-order valence-electron chi connectivity index (χ4n) is 10.3. The molecule has 0 aliphatic rings. The molecule has 1 aromatic heterocycles.